The maximum atomic E-state index is 12.5. The Hall–Kier alpha value is -1.89. The van der Waals surface area contributed by atoms with E-state index in [1.54, 1.807) is 0 Å². The molecule has 0 aliphatic carbocycles. The quantitative estimate of drug-likeness (QED) is 0.466. The average molecular weight is 220 g/mol. The molecule has 0 radical (unpaired) electrons. The van der Waals surface area contributed by atoms with Gasteiger partial charge in [-0.1, -0.05) is 0 Å². The van der Waals surface area contributed by atoms with Crippen molar-refractivity contribution in [3.05, 3.63) is 29.8 Å². The van der Waals surface area contributed by atoms with E-state index < -0.39 is 5.95 Å². The van der Waals surface area contributed by atoms with E-state index in [0.29, 0.717) is 18.5 Å². The van der Waals surface area contributed by atoms with Crippen LogP contribution in [-0.2, 0) is 0 Å². The first-order valence-corrected chi connectivity index (χ1v) is 5.07. The third-order valence-electron chi connectivity index (χ3n) is 2.02. The van der Waals surface area contributed by atoms with E-state index in [9.17, 15) is 9.18 Å². The van der Waals surface area contributed by atoms with Gasteiger partial charge in [0.1, 0.15) is 0 Å². The number of unbranched alkanes of at least 4 members (excludes halogenated alkanes) is 2. The molecule has 0 atom stereocenters. The molecule has 0 fully saturated rings. The van der Waals surface area contributed by atoms with Crippen molar-refractivity contribution in [3.63, 3.8) is 0 Å². The molecule has 16 heavy (non-hydrogen) atoms. The molecule has 1 heterocycles. The van der Waals surface area contributed by atoms with E-state index in [4.69, 9.17) is 6.42 Å². The van der Waals surface area contributed by atoms with Crippen LogP contribution in [0.25, 0.3) is 0 Å². The standard InChI is InChI=1S/C12H13FN2O/c1-2-3-4-5-8-14-12(16)10-6-7-11(13)15-9-10/h1,6-7,9H,3-5,8H2,(H,14,16). The second-order valence-electron chi connectivity index (χ2n) is 3.29. The Kier molecular flexibility index (Phi) is 5.00. The summed E-state index contributed by atoms with van der Waals surface area (Å²) in [6.45, 7) is 0.567. The van der Waals surface area contributed by atoms with Crippen molar-refractivity contribution in [2.24, 2.45) is 0 Å². The molecule has 0 saturated heterocycles. The Labute approximate surface area is 94.1 Å². The summed E-state index contributed by atoms with van der Waals surface area (Å²) in [6, 6.07) is 2.56. The van der Waals surface area contributed by atoms with Crippen LogP contribution in [0.5, 0.6) is 0 Å². The van der Waals surface area contributed by atoms with Crippen LogP contribution in [0.15, 0.2) is 18.3 Å². The number of hydrogen-bond acceptors (Lipinski definition) is 2. The van der Waals surface area contributed by atoms with Gasteiger partial charge in [0, 0.05) is 19.2 Å². The molecule has 0 bridgehead atoms. The average Bonchev–Trinajstić information content (AvgIpc) is 2.29. The van der Waals surface area contributed by atoms with Gasteiger partial charge in [-0.3, -0.25) is 4.79 Å². The fraction of sp³-hybridized carbons (Fsp3) is 0.333. The number of nitrogens with one attached hydrogen (secondary N) is 1. The second-order valence-corrected chi connectivity index (χ2v) is 3.29. The van der Waals surface area contributed by atoms with Crippen molar-refractivity contribution >= 4 is 5.91 Å². The van der Waals surface area contributed by atoms with Gasteiger partial charge in [-0.05, 0) is 25.0 Å². The van der Waals surface area contributed by atoms with Crippen molar-refractivity contribution in [2.45, 2.75) is 19.3 Å². The maximum Gasteiger partial charge on any atom is 0.252 e. The lowest BCUT2D eigenvalue weighted by atomic mass is 10.2. The van der Waals surface area contributed by atoms with Crippen molar-refractivity contribution < 1.29 is 9.18 Å². The fourth-order valence-electron chi connectivity index (χ4n) is 1.17. The molecule has 1 aromatic rings. The minimum atomic E-state index is -0.592. The van der Waals surface area contributed by atoms with Gasteiger partial charge in [0.25, 0.3) is 5.91 Å². The molecule has 0 aliphatic rings. The third kappa shape index (κ3) is 4.09. The predicted molar refractivity (Wildman–Crippen MR) is 59.2 cm³/mol. The normalized spacial score (nSPS) is 9.50. The molecule has 1 N–H and O–H groups in total. The summed E-state index contributed by atoms with van der Waals surface area (Å²) in [6.07, 6.45) is 8.75. The van der Waals surface area contributed by atoms with Gasteiger partial charge in [-0.25, -0.2) is 4.98 Å². The van der Waals surface area contributed by atoms with E-state index in [1.165, 1.54) is 12.3 Å². The first kappa shape index (κ1) is 12.2. The van der Waals surface area contributed by atoms with Crippen LogP contribution in [0.3, 0.4) is 0 Å². The second kappa shape index (κ2) is 6.57. The lowest BCUT2D eigenvalue weighted by Crippen LogP contribution is -2.24. The van der Waals surface area contributed by atoms with Gasteiger partial charge in [0.05, 0.1) is 5.56 Å². The van der Waals surface area contributed by atoms with Crippen molar-refractivity contribution in [1.82, 2.24) is 10.3 Å². The number of rotatable bonds is 5. The number of aromatic nitrogens is 1. The molecule has 0 aliphatic heterocycles. The molecular formula is C12H13FN2O. The largest absolute Gasteiger partial charge is 0.352 e. The topological polar surface area (TPSA) is 42.0 Å². The first-order chi connectivity index (χ1) is 7.74. The van der Waals surface area contributed by atoms with Gasteiger partial charge in [0.2, 0.25) is 5.95 Å². The number of terminal acetylenes is 1. The van der Waals surface area contributed by atoms with Gasteiger partial charge >= 0.3 is 0 Å². The van der Waals surface area contributed by atoms with Crippen LogP contribution in [0, 0.1) is 18.3 Å². The monoisotopic (exact) mass is 220 g/mol. The summed E-state index contributed by atoms with van der Waals surface area (Å²) < 4.78 is 12.5. The number of carbonyl (C=O) groups is 1. The minimum absolute atomic E-state index is 0.242. The Balaban J connectivity index is 2.30. The van der Waals surface area contributed by atoms with E-state index >= 15 is 0 Å². The van der Waals surface area contributed by atoms with Gasteiger partial charge in [0.15, 0.2) is 0 Å². The molecule has 0 aromatic carbocycles. The van der Waals surface area contributed by atoms with Crippen LogP contribution in [0.4, 0.5) is 4.39 Å². The van der Waals surface area contributed by atoms with Crippen LogP contribution >= 0.6 is 0 Å². The molecule has 4 heteroatoms. The Morgan fingerprint density at radius 1 is 1.50 bits per heavy atom. The van der Waals surface area contributed by atoms with Gasteiger partial charge < -0.3 is 5.32 Å². The summed E-state index contributed by atoms with van der Waals surface area (Å²) in [5.74, 6) is 1.69. The summed E-state index contributed by atoms with van der Waals surface area (Å²) in [7, 11) is 0. The number of pyridine rings is 1. The highest BCUT2D eigenvalue weighted by Gasteiger charge is 2.04. The number of hydrogen-bond donors (Lipinski definition) is 1. The van der Waals surface area contributed by atoms with Crippen LogP contribution in [0.1, 0.15) is 29.6 Å². The van der Waals surface area contributed by atoms with E-state index in [1.807, 2.05) is 0 Å². The van der Waals surface area contributed by atoms with Crippen LogP contribution in [-0.4, -0.2) is 17.4 Å². The summed E-state index contributed by atoms with van der Waals surface area (Å²) in [4.78, 5) is 14.9. The maximum absolute atomic E-state index is 12.5. The molecule has 0 spiro atoms. The lowest BCUT2D eigenvalue weighted by Gasteiger charge is -2.03. The number of amides is 1. The van der Waals surface area contributed by atoms with Gasteiger partial charge in [-0.15, -0.1) is 12.3 Å². The highest BCUT2D eigenvalue weighted by Crippen LogP contribution is 1.99. The molecule has 1 amide bonds. The highest BCUT2D eigenvalue weighted by atomic mass is 19.1. The first-order valence-electron chi connectivity index (χ1n) is 5.07. The molecule has 0 unspecified atom stereocenters. The summed E-state index contributed by atoms with van der Waals surface area (Å²) >= 11 is 0. The molecule has 1 aromatic heterocycles. The molecule has 3 nitrogen and oxygen atoms in total. The molecule has 84 valence electrons. The smallest absolute Gasteiger partial charge is 0.252 e. The zero-order valence-electron chi connectivity index (χ0n) is 8.87. The van der Waals surface area contributed by atoms with Crippen LogP contribution in [0.2, 0.25) is 0 Å². The number of nitrogens with zero attached hydrogens (tertiary/aromatic N) is 1. The minimum Gasteiger partial charge on any atom is -0.352 e. The number of halogens is 1. The highest BCUT2D eigenvalue weighted by molar-refractivity contribution is 5.93. The molecular weight excluding hydrogens is 207 g/mol. The summed E-state index contributed by atoms with van der Waals surface area (Å²) in [5, 5.41) is 2.71. The zero-order chi connectivity index (χ0) is 11.8. The number of carbonyl (C=O) groups excluding carboxylic acids is 1. The van der Waals surface area contributed by atoms with E-state index in [0.717, 1.165) is 18.9 Å². The van der Waals surface area contributed by atoms with E-state index in [-0.39, 0.29) is 5.91 Å². The van der Waals surface area contributed by atoms with Crippen molar-refractivity contribution in [3.8, 4) is 12.3 Å². The van der Waals surface area contributed by atoms with Gasteiger partial charge in [-0.2, -0.15) is 4.39 Å². The van der Waals surface area contributed by atoms with Crippen molar-refractivity contribution in [1.29, 1.82) is 0 Å². The Bertz CT molecular complexity index is 381. The summed E-state index contributed by atoms with van der Waals surface area (Å²) in [5.41, 5.74) is 0.360. The lowest BCUT2D eigenvalue weighted by molar-refractivity contribution is 0.0952. The zero-order valence-corrected chi connectivity index (χ0v) is 8.87. The van der Waals surface area contributed by atoms with Crippen LogP contribution < -0.4 is 5.32 Å². The molecule has 1 rings (SSSR count). The Morgan fingerprint density at radius 3 is 2.94 bits per heavy atom. The SMILES string of the molecule is C#CCCCCNC(=O)c1ccc(F)nc1. The third-order valence-corrected chi connectivity index (χ3v) is 2.02. The van der Waals surface area contributed by atoms with E-state index in [2.05, 4.69) is 16.2 Å². The predicted octanol–water partition coefficient (Wildman–Crippen LogP) is 1.75. The molecule has 0 saturated carbocycles. The fourth-order valence-corrected chi connectivity index (χ4v) is 1.17. The Morgan fingerprint density at radius 2 is 2.31 bits per heavy atom. The van der Waals surface area contributed by atoms with Crippen molar-refractivity contribution in [2.75, 3.05) is 6.54 Å².